The van der Waals surface area contributed by atoms with Crippen molar-refractivity contribution in [2.45, 2.75) is 20.0 Å². The minimum atomic E-state index is -4.46. The number of alkyl halides is 3. The van der Waals surface area contributed by atoms with Crippen LogP contribution in [0.5, 0.6) is 0 Å². The maximum atomic E-state index is 12.9. The van der Waals surface area contributed by atoms with E-state index in [9.17, 15) is 13.2 Å². The SMILES string of the molecule is Cc1ccc(-c2nnc(C)nn2)c(C(F)(F)F)c1. The number of hydrogen-bond donors (Lipinski definition) is 0. The van der Waals surface area contributed by atoms with Gasteiger partial charge in [0.15, 0.2) is 5.82 Å². The third-order valence-corrected chi connectivity index (χ3v) is 2.30. The molecule has 0 amide bonds. The monoisotopic (exact) mass is 254 g/mol. The molecule has 0 saturated carbocycles. The second-order valence-electron chi connectivity index (χ2n) is 3.82. The molecule has 7 heteroatoms. The van der Waals surface area contributed by atoms with Gasteiger partial charge in [-0.15, -0.1) is 20.4 Å². The third-order valence-electron chi connectivity index (χ3n) is 2.30. The van der Waals surface area contributed by atoms with E-state index in [1.165, 1.54) is 6.07 Å². The van der Waals surface area contributed by atoms with Gasteiger partial charge in [-0.25, -0.2) is 0 Å². The molecule has 0 aliphatic carbocycles. The number of aromatic nitrogens is 4. The topological polar surface area (TPSA) is 51.6 Å². The molecule has 0 bridgehead atoms. The smallest absolute Gasteiger partial charge is 0.166 e. The number of halogens is 3. The molecule has 2 rings (SSSR count). The molecule has 0 aliphatic heterocycles. The lowest BCUT2D eigenvalue weighted by Gasteiger charge is -2.11. The fourth-order valence-electron chi connectivity index (χ4n) is 1.47. The van der Waals surface area contributed by atoms with Crippen LogP contribution in [-0.4, -0.2) is 20.4 Å². The van der Waals surface area contributed by atoms with Crippen molar-refractivity contribution in [2.24, 2.45) is 0 Å². The van der Waals surface area contributed by atoms with E-state index in [-0.39, 0.29) is 11.4 Å². The van der Waals surface area contributed by atoms with E-state index >= 15 is 0 Å². The van der Waals surface area contributed by atoms with E-state index in [0.29, 0.717) is 11.4 Å². The van der Waals surface area contributed by atoms with Gasteiger partial charge in [0.05, 0.1) is 5.56 Å². The van der Waals surface area contributed by atoms with Crippen molar-refractivity contribution in [3.8, 4) is 11.4 Å². The molecular formula is C11H9F3N4. The highest BCUT2D eigenvalue weighted by molar-refractivity contribution is 5.61. The van der Waals surface area contributed by atoms with Gasteiger partial charge in [0.2, 0.25) is 5.82 Å². The van der Waals surface area contributed by atoms with Gasteiger partial charge in [-0.1, -0.05) is 17.7 Å². The Hall–Kier alpha value is -2.05. The number of benzene rings is 1. The van der Waals surface area contributed by atoms with Gasteiger partial charge in [-0.2, -0.15) is 13.2 Å². The quantitative estimate of drug-likeness (QED) is 0.784. The molecule has 2 aromatic rings. The van der Waals surface area contributed by atoms with Gasteiger partial charge >= 0.3 is 6.18 Å². The molecule has 0 fully saturated rings. The van der Waals surface area contributed by atoms with Crippen LogP contribution in [0.2, 0.25) is 0 Å². The van der Waals surface area contributed by atoms with Crippen LogP contribution < -0.4 is 0 Å². The molecule has 0 radical (unpaired) electrons. The molecule has 1 aromatic heterocycles. The molecule has 0 atom stereocenters. The minimum Gasteiger partial charge on any atom is -0.166 e. The van der Waals surface area contributed by atoms with Crippen molar-refractivity contribution in [1.29, 1.82) is 0 Å². The van der Waals surface area contributed by atoms with Crippen LogP contribution in [-0.2, 0) is 6.18 Å². The average Bonchev–Trinajstić information content (AvgIpc) is 2.29. The molecule has 0 unspecified atom stereocenters. The second kappa shape index (κ2) is 4.32. The summed E-state index contributed by atoms with van der Waals surface area (Å²) in [6.07, 6.45) is -4.46. The lowest BCUT2D eigenvalue weighted by molar-refractivity contribution is -0.137. The van der Waals surface area contributed by atoms with E-state index in [4.69, 9.17) is 0 Å². The van der Waals surface area contributed by atoms with Gasteiger partial charge < -0.3 is 0 Å². The summed E-state index contributed by atoms with van der Waals surface area (Å²) in [5.74, 6) is 0.173. The largest absolute Gasteiger partial charge is 0.417 e. The van der Waals surface area contributed by atoms with Crippen molar-refractivity contribution >= 4 is 0 Å². The highest BCUT2D eigenvalue weighted by Crippen LogP contribution is 2.36. The first kappa shape index (κ1) is 12.4. The van der Waals surface area contributed by atoms with Gasteiger partial charge in [0.25, 0.3) is 0 Å². The Kier molecular flexibility index (Phi) is 2.98. The Morgan fingerprint density at radius 1 is 0.944 bits per heavy atom. The Morgan fingerprint density at radius 3 is 2.11 bits per heavy atom. The number of nitrogens with zero attached hydrogens (tertiary/aromatic N) is 4. The normalized spacial score (nSPS) is 11.6. The highest BCUT2D eigenvalue weighted by atomic mass is 19.4. The van der Waals surface area contributed by atoms with Crippen molar-refractivity contribution in [2.75, 3.05) is 0 Å². The Balaban J connectivity index is 2.60. The maximum Gasteiger partial charge on any atom is 0.417 e. The molecule has 18 heavy (non-hydrogen) atoms. The maximum absolute atomic E-state index is 12.9. The molecule has 0 saturated heterocycles. The van der Waals surface area contributed by atoms with Crippen molar-refractivity contribution < 1.29 is 13.2 Å². The molecule has 94 valence electrons. The molecule has 0 spiro atoms. The second-order valence-corrected chi connectivity index (χ2v) is 3.82. The summed E-state index contributed by atoms with van der Waals surface area (Å²) in [5, 5.41) is 14.5. The Labute approximate surface area is 101 Å². The summed E-state index contributed by atoms with van der Waals surface area (Å²) in [5.41, 5.74) is -0.387. The number of aryl methyl sites for hydroxylation is 2. The standard InChI is InChI=1S/C11H9F3N4/c1-6-3-4-8(9(5-6)11(12,13)14)10-17-15-7(2)16-18-10/h3-5H,1-2H3. The molecule has 0 N–H and O–H groups in total. The van der Waals surface area contributed by atoms with Crippen LogP contribution in [0.1, 0.15) is 17.0 Å². The van der Waals surface area contributed by atoms with Crippen LogP contribution in [0.3, 0.4) is 0 Å². The summed E-state index contributed by atoms with van der Waals surface area (Å²) >= 11 is 0. The summed E-state index contributed by atoms with van der Waals surface area (Å²) in [6, 6.07) is 3.94. The van der Waals surface area contributed by atoms with Crippen molar-refractivity contribution in [1.82, 2.24) is 20.4 Å². The van der Waals surface area contributed by atoms with Gasteiger partial charge in [0, 0.05) is 5.56 Å². The summed E-state index contributed by atoms with van der Waals surface area (Å²) in [7, 11) is 0. The zero-order chi connectivity index (χ0) is 13.3. The number of hydrogen-bond acceptors (Lipinski definition) is 4. The molecule has 1 heterocycles. The molecule has 1 aromatic carbocycles. The lowest BCUT2D eigenvalue weighted by atomic mass is 10.0. The van der Waals surface area contributed by atoms with Crippen molar-refractivity contribution in [3.63, 3.8) is 0 Å². The molecule has 4 nitrogen and oxygen atoms in total. The van der Waals surface area contributed by atoms with Crippen LogP contribution in [0.15, 0.2) is 18.2 Å². The fraction of sp³-hybridized carbons (Fsp3) is 0.273. The Bertz CT molecular complexity index is 563. The van der Waals surface area contributed by atoms with Crippen molar-refractivity contribution in [3.05, 3.63) is 35.2 Å². The first-order valence-electron chi connectivity index (χ1n) is 5.10. The van der Waals surface area contributed by atoms with E-state index in [1.54, 1.807) is 19.9 Å². The third kappa shape index (κ3) is 2.44. The summed E-state index contributed by atoms with van der Waals surface area (Å²) < 4.78 is 38.7. The first-order valence-corrected chi connectivity index (χ1v) is 5.10. The average molecular weight is 254 g/mol. The minimum absolute atomic E-state index is 0.117. The fourth-order valence-corrected chi connectivity index (χ4v) is 1.47. The first-order chi connectivity index (χ1) is 8.38. The summed E-state index contributed by atoms with van der Waals surface area (Å²) in [6.45, 7) is 3.15. The van der Waals surface area contributed by atoms with Gasteiger partial charge in [-0.05, 0) is 19.9 Å². The van der Waals surface area contributed by atoms with E-state index in [1.807, 2.05) is 0 Å². The van der Waals surface area contributed by atoms with Crippen LogP contribution in [0.4, 0.5) is 13.2 Å². The van der Waals surface area contributed by atoms with E-state index in [0.717, 1.165) is 6.07 Å². The highest BCUT2D eigenvalue weighted by Gasteiger charge is 2.34. The number of rotatable bonds is 1. The Morgan fingerprint density at radius 2 is 1.56 bits per heavy atom. The van der Waals surface area contributed by atoms with Crippen LogP contribution in [0.25, 0.3) is 11.4 Å². The lowest BCUT2D eigenvalue weighted by Crippen LogP contribution is -2.09. The molecular weight excluding hydrogens is 245 g/mol. The van der Waals surface area contributed by atoms with Crippen LogP contribution in [0, 0.1) is 13.8 Å². The predicted molar refractivity (Wildman–Crippen MR) is 57.5 cm³/mol. The zero-order valence-corrected chi connectivity index (χ0v) is 9.65. The van der Waals surface area contributed by atoms with E-state index < -0.39 is 11.7 Å². The van der Waals surface area contributed by atoms with Gasteiger partial charge in [0.1, 0.15) is 0 Å². The summed E-state index contributed by atoms with van der Waals surface area (Å²) in [4.78, 5) is 0. The zero-order valence-electron chi connectivity index (χ0n) is 9.65. The molecule has 0 aliphatic rings. The van der Waals surface area contributed by atoms with E-state index in [2.05, 4.69) is 20.4 Å². The van der Waals surface area contributed by atoms with Gasteiger partial charge in [-0.3, -0.25) is 0 Å². The van der Waals surface area contributed by atoms with Crippen LogP contribution >= 0.6 is 0 Å². The predicted octanol–water partition coefficient (Wildman–Crippen LogP) is 2.57.